The lowest BCUT2D eigenvalue weighted by Crippen LogP contribution is -2.32. The maximum Gasteiger partial charge on any atom is 0.241 e. The van der Waals surface area contributed by atoms with E-state index < -0.39 is 5.92 Å². The first-order chi connectivity index (χ1) is 13.0. The van der Waals surface area contributed by atoms with Crippen molar-refractivity contribution in [1.82, 2.24) is 0 Å². The maximum atomic E-state index is 13.0. The molecule has 2 N–H and O–H groups in total. The minimum absolute atomic E-state index is 0.364. The Morgan fingerprint density at radius 2 is 1.15 bits per heavy atom. The third kappa shape index (κ3) is 4.82. The molecule has 0 saturated heterocycles. The Labute approximate surface area is 159 Å². The van der Waals surface area contributed by atoms with Crippen molar-refractivity contribution < 1.29 is 9.59 Å². The molecule has 3 aromatic rings. The smallest absolute Gasteiger partial charge is 0.241 e. The third-order valence-electron chi connectivity index (χ3n) is 4.23. The van der Waals surface area contributed by atoms with Crippen LogP contribution in [0.15, 0.2) is 78.9 Å². The number of aryl methyl sites for hydroxylation is 2. The van der Waals surface area contributed by atoms with E-state index in [1.165, 1.54) is 0 Å². The number of nitrogens with one attached hydrogen (secondary N) is 2. The summed E-state index contributed by atoms with van der Waals surface area (Å²) in [6.07, 6.45) is 0. The van der Waals surface area contributed by atoms with Crippen LogP contribution in [0.5, 0.6) is 0 Å². The van der Waals surface area contributed by atoms with Crippen LogP contribution in [0, 0.1) is 13.8 Å². The maximum absolute atomic E-state index is 13.0. The summed E-state index contributed by atoms with van der Waals surface area (Å²) in [6.45, 7) is 3.91. The Kier molecular flexibility index (Phi) is 5.67. The molecule has 0 heterocycles. The Morgan fingerprint density at radius 3 is 1.59 bits per heavy atom. The van der Waals surface area contributed by atoms with Crippen molar-refractivity contribution in [2.45, 2.75) is 19.8 Å². The number of amides is 2. The molecule has 0 atom stereocenters. The van der Waals surface area contributed by atoms with Crippen LogP contribution in [0.3, 0.4) is 0 Å². The topological polar surface area (TPSA) is 58.2 Å². The summed E-state index contributed by atoms with van der Waals surface area (Å²) in [5.74, 6) is -1.68. The van der Waals surface area contributed by atoms with E-state index in [4.69, 9.17) is 0 Å². The molecule has 0 aromatic heterocycles. The molecular weight excluding hydrogens is 336 g/mol. The molecule has 0 radical (unpaired) electrons. The normalized spacial score (nSPS) is 10.5. The number of carbonyl (C=O) groups is 2. The number of anilines is 2. The Hall–Kier alpha value is -3.40. The Bertz CT molecular complexity index is 892. The van der Waals surface area contributed by atoms with Crippen molar-refractivity contribution in [3.63, 3.8) is 0 Å². The Morgan fingerprint density at radius 1 is 0.667 bits per heavy atom. The summed E-state index contributed by atoms with van der Waals surface area (Å²) in [4.78, 5) is 25.9. The first-order valence-electron chi connectivity index (χ1n) is 8.83. The Balaban J connectivity index is 1.86. The highest BCUT2D eigenvalue weighted by atomic mass is 16.2. The second-order valence-electron chi connectivity index (χ2n) is 6.56. The van der Waals surface area contributed by atoms with Gasteiger partial charge < -0.3 is 10.6 Å². The van der Waals surface area contributed by atoms with Crippen molar-refractivity contribution in [1.29, 1.82) is 0 Å². The predicted molar refractivity (Wildman–Crippen MR) is 109 cm³/mol. The van der Waals surface area contributed by atoms with E-state index in [0.29, 0.717) is 16.9 Å². The predicted octanol–water partition coefficient (Wildman–Crippen LogP) is 4.66. The average Bonchev–Trinajstić information content (AvgIpc) is 2.63. The van der Waals surface area contributed by atoms with E-state index in [0.717, 1.165) is 11.1 Å². The molecule has 0 unspecified atom stereocenters. The van der Waals surface area contributed by atoms with Crippen LogP contribution in [-0.2, 0) is 9.59 Å². The first kappa shape index (κ1) is 18.4. The van der Waals surface area contributed by atoms with Gasteiger partial charge in [-0.15, -0.1) is 0 Å². The van der Waals surface area contributed by atoms with Gasteiger partial charge in [-0.2, -0.15) is 0 Å². The van der Waals surface area contributed by atoms with Crippen molar-refractivity contribution >= 4 is 23.2 Å². The number of carbonyl (C=O) groups excluding carboxylic acids is 2. The highest BCUT2D eigenvalue weighted by Crippen LogP contribution is 2.22. The molecule has 4 nitrogen and oxygen atoms in total. The summed E-state index contributed by atoms with van der Waals surface area (Å²) in [5, 5.41) is 5.72. The van der Waals surface area contributed by atoms with Gasteiger partial charge in [0.1, 0.15) is 5.92 Å². The van der Waals surface area contributed by atoms with E-state index in [9.17, 15) is 9.59 Å². The summed E-state index contributed by atoms with van der Waals surface area (Å²) in [5.41, 5.74) is 4.06. The molecule has 0 fully saturated rings. The van der Waals surface area contributed by atoms with Crippen molar-refractivity contribution in [2.75, 3.05) is 10.6 Å². The molecule has 0 saturated carbocycles. The van der Waals surface area contributed by atoms with Crippen LogP contribution < -0.4 is 10.6 Å². The van der Waals surface area contributed by atoms with E-state index >= 15 is 0 Å². The molecule has 27 heavy (non-hydrogen) atoms. The molecule has 3 aromatic carbocycles. The fraction of sp³-hybridized carbons (Fsp3) is 0.130. The summed E-state index contributed by atoms with van der Waals surface area (Å²) < 4.78 is 0. The highest BCUT2D eigenvalue weighted by molar-refractivity contribution is 6.15. The fourth-order valence-electron chi connectivity index (χ4n) is 2.94. The highest BCUT2D eigenvalue weighted by Gasteiger charge is 2.28. The second kappa shape index (κ2) is 8.32. The van der Waals surface area contributed by atoms with Crippen LogP contribution in [0.1, 0.15) is 22.6 Å². The van der Waals surface area contributed by atoms with Gasteiger partial charge in [0.05, 0.1) is 0 Å². The zero-order chi connectivity index (χ0) is 19.2. The van der Waals surface area contributed by atoms with Gasteiger partial charge in [-0.1, -0.05) is 54.6 Å². The van der Waals surface area contributed by atoms with E-state index in [1.54, 1.807) is 12.1 Å². The van der Waals surface area contributed by atoms with Crippen LogP contribution in [0.4, 0.5) is 11.4 Å². The molecule has 136 valence electrons. The van der Waals surface area contributed by atoms with Crippen LogP contribution in [0.2, 0.25) is 0 Å². The van der Waals surface area contributed by atoms with Crippen LogP contribution in [-0.4, -0.2) is 11.8 Å². The average molecular weight is 358 g/mol. The zero-order valence-electron chi connectivity index (χ0n) is 15.4. The number of hydrogen-bond acceptors (Lipinski definition) is 2. The van der Waals surface area contributed by atoms with Crippen molar-refractivity contribution in [3.8, 4) is 0 Å². The zero-order valence-corrected chi connectivity index (χ0v) is 15.4. The van der Waals surface area contributed by atoms with E-state index in [1.807, 2.05) is 80.6 Å². The number of benzene rings is 3. The van der Waals surface area contributed by atoms with Gasteiger partial charge in [0, 0.05) is 11.4 Å². The molecule has 2 amide bonds. The molecule has 0 spiro atoms. The standard InChI is InChI=1S/C23H22N2O2/c1-16-8-6-12-19(14-16)24-22(26)21(18-10-4-3-5-11-18)23(27)25-20-13-7-9-17(2)15-20/h3-15,21H,1-2H3,(H,24,26)(H,25,27). The largest absolute Gasteiger partial charge is 0.325 e. The van der Waals surface area contributed by atoms with Crippen LogP contribution >= 0.6 is 0 Å². The third-order valence-corrected chi connectivity index (χ3v) is 4.23. The second-order valence-corrected chi connectivity index (χ2v) is 6.56. The van der Waals surface area contributed by atoms with Gasteiger partial charge in [-0.3, -0.25) is 9.59 Å². The lowest BCUT2D eigenvalue weighted by Gasteiger charge is -2.17. The van der Waals surface area contributed by atoms with Gasteiger partial charge in [0.25, 0.3) is 0 Å². The summed E-state index contributed by atoms with van der Waals surface area (Å²) in [6, 6.07) is 24.1. The minimum atomic E-state index is -0.952. The monoisotopic (exact) mass is 358 g/mol. The SMILES string of the molecule is Cc1cccc(NC(=O)C(C(=O)Nc2cccc(C)c2)c2ccccc2)c1. The molecule has 4 heteroatoms. The van der Waals surface area contributed by atoms with Gasteiger partial charge in [-0.25, -0.2) is 0 Å². The first-order valence-corrected chi connectivity index (χ1v) is 8.83. The van der Waals surface area contributed by atoms with Crippen molar-refractivity contribution in [2.24, 2.45) is 0 Å². The van der Waals surface area contributed by atoms with Gasteiger partial charge >= 0.3 is 0 Å². The minimum Gasteiger partial charge on any atom is -0.325 e. The van der Waals surface area contributed by atoms with Gasteiger partial charge in [0.15, 0.2) is 0 Å². The van der Waals surface area contributed by atoms with Crippen LogP contribution in [0.25, 0.3) is 0 Å². The number of rotatable bonds is 5. The summed E-state index contributed by atoms with van der Waals surface area (Å²) in [7, 11) is 0. The number of hydrogen-bond donors (Lipinski definition) is 2. The molecule has 0 aliphatic carbocycles. The molecule has 3 rings (SSSR count). The quantitative estimate of drug-likeness (QED) is 0.652. The molecular formula is C23H22N2O2. The van der Waals surface area contributed by atoms with Crippen molar-refractivity contribution in [3.05, 3.63) is 95.6 Å². The van der Waals surface area contributed by atoms with Gasteiger partial charge in [-0.05, 0) is 54.8 Å². The van der Waals surface area contributed by atoms with E-state index in [2.05, 4.69) is 10.6 Å². The molecule has 0 aliphatic heterocycles. The van der Waals surface area contributed by atoms with Gasteiger partial charge in [0.2, 0.25) is 11.8 Å². The molecule has 0 aliphatic rings. The molecule has 0 bridgehead atoms. The van der Waals surface area contributed by atoms with E-state index in [-0.39, 0.29) is 11.8 Å². The summed E-state index contributed by atoms with van der Waals surface area (Å²) >= 11 is 0. The lowest BCUT2D eigenvalue weighted by molar-refractivity contribution is -0.125. The lowest BCUT2D eigenvalue weighted by atomic mass is 9.96. The fourth-order valence-corrected chi connectivity index (χ4v) is 2.94.